The second-order valence-corrected chi connectivity index (χ2v) is 3.92. The normalized spacial score (nSPS) is 22.8. The largest absolute Gasteiger partial charge is 0.317 e. The lowest BCUT2D eigenvalue weighted by Gasteiger charge is -2.02. The fraction of sp³-hybridized carbons (Fsp3) is 0.833. The molecule has 76 valence electrons. The Balaban J connectivity index is 2.09. The van der Waals surface area contributed by atoms with Crippen LogP contribution in [-0.2, 0) is 0 Å². The zero-order valence-electron chi connectivity index (χ0n) is 8.73. The summed E-state index contributed by atoms with van der Waals surface area (Å²) in [5.41, 5.74) is 0. The molecule has 1 heterocycles. The molecule has 0 amide bonds. The van der Waals surface area contributed by atoms with E-state index in [1.54, 1.807) is 0 Å². The molecule has 0 unspecified atom stereocenters. The van der Waals surface area contributed by atoms with E-state index >= 15 is 0 Å². The van der Waals surface area contributed by atoms with Crippen LogP contribution in [0.1, 0.15) is 51.4 Å². The molecule has 0 spiro atoms. The summed E-state index contributed by atoms with van der Waals surface area (Å²) in [5.74, 6) is 0. The average Bonchev–Trinajstić information content (AvgIpc) is 2.18. The fourth-order valence-corrected chi connectivity index (χ4v) is 1.75. The van der Waals surface area contributed by atoms with Crippen LogP contribution >= 0.6 is 0 Å². The van der Waals surface area contributed by atoms with E-state index in [-0.39, 0.29) is 0 Å². The first-order chi connectivity index (χ1) is 6.50. The second kappa shape index (κ2) is 8.31. The molecule has 0 saturated carbocycles. The predicted octanol–water partition coefficient (Wildman–Crippen LogP) is 3.27. The standard InChI is InChI=1S/C12H23N/c1-2-4-6-8-10-12-13-11-9-7-5-3-1/h3,5,13H,1-2,4,6-12H2. The third kappa shape index (κ3) is 6.83. The summed E-state index contributed by atoms with van der Waals surface area (Å²) in [6.07, 6.45) is 15.6. The highest BCUT2D eigenvalue weighted by molar-refractivity contribution is 4.81. The van der Waals surface area contributed by atoms with Crippen LogP contribution in [0.15, 0.2) is 12.2 Å². The summed E-state index contributed by atoms with van der Waals surface area (Å²) < 4.78 is 0. The van der Waals surface area contributed by atoms with Gasteiger partial charge in [-0.3, -0.25) is 0 Å². The molecular weight excluding hydrogens is 158 g/mol. The summed E-state index contributed by atoms with van der Waals surface area (Å²) in [5, 5.41) is 3.49. The number of hydrogen-bond donors (Lipinski definition) is 1. The van der Waals surface area contributed by atoms with Crippen molar-refractivity contribution in [2.45, 2.75) is 51.4 Å². The maximum atomic E-state index is 3.49. The van der Waals surface area contributed by atoms with Gasteiger partial charge >= 0.3 is 0 Å². The third-order valence-corrected chi connectivity index (χ3v) is 2.62. The fourth-order valence-electron chi connectivity index (χ4n) is 1.75. The van der Waals surface area contributed by atoms with E-state index in [1.165, 1.54) is 64.5 Å². The van der Waals surface area contributed by atoms with E-state index in [0.717, 1.165) is 0 Å². The van der Waals surface area contributed by atoms with Crippen molar-refractivity contribution < 1.29 is 0 Å². The zero-order chi connectivity index (χ0) is 9.19. The van der Waals surface area contributed by atoms with Crippen molar-refractivity contribution in [3.63, 3.8) is 0 Å². The van der Waals surface area contributed by atoms with Crippen molar-refractivity contribution in [1.29, 1.82) is 0 Å². The van der Waals surface area contributed by atoms with Gasteiger partial charge in [0.25, 0.3) is 0 Å². The topological polar surface area (TPSA) is 12.0 Å². The Morgan fingerprint density at radius 2 is 1.23 bits per heavy atom. The van der Waals surface area contributed by atoms with Gasteiger partial charge in [0.05, 0.1) is 0 Å². The quantitative estimate of drug-likeness (QED) is 0.566. The van der Waals surface area contributed by atoms with Crippen LogP contribution < -0.4 is 5.32 Å². The van der Waals surface area contributed by atoms with E-state index in [9.17, 15) is 0 Å². The third-order valence-electron chi connectivity index (χ3n) is 2.62. The van der Waals surface area contributed by atoms with Gasteiger partial charge in [-0.2, -0.15) is 0 Å². The van der Waals surface area contributed by atoms with Gasteiger partial charge in [-0.25, -0.2) is 0 Å². The van der Waals surface area contributed by atoms with Crippen LogP contribution in [0.5, 0.6) is 0 Å². The number of hydrogen-bond acceptors (Lipinski definition) is 1. The Morgan fingerprint density at radius 1 is 0.615 bits per heavy atom. The minimum Gasteiger partial charge on any atom is -0.317 e. The molecule has 0 fully saturated rings. The molecule has 0 saturated heterocycles. The molecule has 0 aromatic carbocycles. The van der Waals surface area contributed by atoms with Crippen LogP contribution in [0.4, 0.5) is 0 Å². The number of rotatable bonds is 0. The minimum absolute atomic E-state index is 1.20. The Hall–Kier alpha value is -0.300. The van der Waals surface area contributed by atoms with Crippen molar-refractivity contribution in [3.8, 4) is 0 Å². The molecule has 1 N–H and O–H groups in total. The SMILES string of the molecule is C1=CCCCNCCCCCCC1. The molecule has 1 heteroatoms. The van der Waals surface area contributed by atoms with Crippen LogP contribution in [-0.4, -0.2) is 13.1 Å². The predicted molar refractivity (Wildman–Crippen MR) is 58.9 cm³/mol. The van der Waals surface area contributed by atoms with Gasteiger partial charge in [0.15, 0.2) is 0 Å². The second-order valence-electron chi connectivity index (χ2n) is 3.92. The van der Waals surface area contributed by atoms with Gasteiger partial charge in [0, 0.05) is 0 Å². The lowest BCUT2D eigenvalue weighted by Crippen LogP contribution is -2.16. The first kappa shape index (κ1) is 10.8. The summed E-state index contributed by atoms with van der Waals surface area (Å²) in [7, 11) is 0. The van der Waals surface area contributed by atoms with Crippen LogP contribution in [0.25, 0.3) is 0 Å². The van der Waals surface area contributed by atoms with Gasteiger partial charge in [0.1, 0.15) is 0 Å². The van der Waals surface area contributed by atoms with Crippen molar-refractivity contribution in [2.75, 3.05) is 13.1 Å². The highest BCUT2D eigenvalue weighted by atomic mass is 14.8. The smallest absolute Gasteiger partial charge is 0.00460 e. The summed E-state index contributed by atoms with van der Waals surface area (Å²) in [6.45, 7) is 2.42. The first-order valence-corrected chi connectivity index (χ1v) is 5.86. The molecule has 0 radical (unpaired) electrons. The van der Waals surface area contributed by atoms with Crippen molar-refractivity contribution in [3.05, 3.63) is 12.2 Å². The van der Waals surface area contributed by atoms with E-state index in [1.807, 2.05) is 0 Å². The number of nitrogens with one attached hydrogen (secondary N) is 1. The first-order valence-electron chi connectivity index (χ1n) is 5.86. The molecule has 0 aromatic heterocycles. The Kier molecular flexibility index (Phi) is 6.89. The number of allylic oxidation sites excluding steroid dienone is 2. The molecule has 1 rings (SSSR count). The Labute approximate surface area is 82.6 Å². The summed E-state index contributed by atoms with van der Waals surface area (Å²) >= 11 is 0. The van der Waals surface area contributed by atoms with Gasteiger partial charge in [-0.1, -0.05) is 31.4 Å². The molecule has 0 bridgehead atoms. The molecule has 13 heavy (non-hydrogen) atoms. The molecule has 0 atom stereocenters. The molecule has 1 aliphatic rings. The zero-order valence-corrected chi connectivity index (χ0v) is 8.73. The molecule has 0 aromatic rings. The van der Waals surface area contributed by atoms with Crippen LogP contribution in [0.2, 0.25) is 0 Å². The van der Waals surface area contributed by atoms with Crippen molar-refractivity contribution >= 4 is 0 Å². The summed E-state index contributed by atoms with van der Waals surface area (Å²) in [4.78, 5) is 0. The lowest BCUT2D eigenvalue weighted by molar-refractivity contribution is 0.573. The molecular formula is C12H23N. The van der Waals surface area contributed by atoms with Crippen LogP contribution in [0.3, 0.4) is 0 Å². The molecule has 0 aliphatic carbocycles. The molecule has 1 aliphatic heterocycles. The highest BCUT2D eigenvalue weighted by Crippen LogP contribution is 2.06. The van der Waals surface area contributed by atoms with Gasteiger partial charge in [-0.05, 0) is 45.2 Å². The minimum atomic E-state index is 1.20. The Morgan fingerprint density at radius 3 is 2.15 bits per heavy atom. The van der Waals surface area contributed by atoms with Gasteiger partial charge < -0.3 is 5.32 Å². The van der Waals surface area contributed by atoms with Crippen molar-refractivity contribution in [1.82, 2.24) is 5.32 Å². The van der Waals surface area contributed by atoms with E-state index in [4.69, 9.17) is 0 Å². The summed E-state index contributed by atoms with van der Waals surface area (Å²) in [6, 6.07) is 0. The van der Waals surface area contributed by atoms with E-state index in [2.05, 4.69) is 17.5 Å². The van der Waals surface area contributed by atoms with Gasteiger partial charge in [-0.15, -0.1) is 0 Å². The highest BCUT2D eigenvalue weighted by Gasteiger charge is 1.92. The Bertz CT molecular complexity index is 115. The maximum absolute atomic E-state index is 3.49. The van der Waals surface area contributed by atoms with Crippen LogP contribution in [0, 0.1) is 0 Å². The molecule has 1 nitrogen and oxygen atoms in total. The van der Waals surface area contributed by atoms with E-state index < -0.39 is 0 Å². The van der Waals surface area contributed by atoms with E-state index in [0.29, 0.717) is 0 Å². The average molecular weight is 181 g/mol. The lowest BCUT2D eigenvalue weighted by atomic mass is 10.1. The monoisotopic (exact) mass is 181 g/mol. The maximum Gasteiger partial charge on any atom is -0.00460 e. The van der Waals surface area contributed by atoms with Gasteiger partial charge in [0.2, 0.25) is 0 Å². The van der Waals surface area contributed by atoms with Crippen molar-refractivity contribution in [2.24, 2.45) is 0 Å².